The van der Waals surface area contributed by atoms with Gasteiger partial charge in [-0.05, 0) is 68.1 Å². The van der Waals surface area contributed by atoms with Gasteiger partial charge in [0.2, 0.25) is 0 Å². The number of carbonyl (C=O) groups excluding carboxylic acids is 1. The van der Waals surface area contributed by atoms with Gasteiger partial charge in [-0.1, -0.05) is 12.1 Å². The Labute approximate surface area is 164 Å². The predicted octanol–water partition coefficient (Wildman–Crippen LogP) is 5.52. The van der Waals surface area contributed by atoms with Gasteiger partial charge in [-0.25, -0.2) is 9.97 Å². The topological polar surface area (TPSA) is 54.9 Å². The smallest absolute Gasteiger partial charge is 0.322 e. The van der Waals surface area contributed by atoms with E-state index in [4.69, 9.17) is 0 Å². The van der Waals surface area contributed by atoms with E-state index in [1.54, 1.807) is 24.3 Å². The first-order chi connectivity index (χ1) is 13.2. The maximum absolute atomic E-state index is 13.1. The van der Waals surface area contributed by atoms with E-state index in [9.17, 15) is 18.0 Å². The number of rotatable bonds is 4. The highest BCUT2D eigenvalue weighted by Crippen LogP contribution is 2.32. The van der Waals surface area contributed by atoms with Crippen molar-refractivity contribution in [1.82, 2.24) is 9.97 Å². The summed E-state index contributed by atoms with van der Waals surface area (Å²) in [6, 6.07) is 13.3. The second-order valence-corrected chi connectivity index (χ2v) is 7.10. The monoisotopic (exact) mass is 403 g/mol. The molecule has 0 unspecified atom stereocenters. The molecule has 1 amide bonds. The zero-order chi connectivity index (χ0) is 20.3. The lowest BCUT2D eigenvalue weighted by atomic mass is 10.1. The number of benzene rings is 2. The van der Waals surface area contributed by atoms with E-state index in [1.807, 2.05) is 19.9 Å². The molecular formula is C20H16F3N3OS. The first-order valence-corrected chi connectivity index (χ1v) is 9.12. The Morgan fingerprint density at radius 1 is 0.964 bits per heavy atom. The number of aryl methyl sites for hydroxylation is 2. The average molecular weight is 403 g/mol. The fourth-order valence-electron chi connectivity index (χ4n) is 2.58. The fourth-order valence-corrected chi connectivity index (χ4v) is 3.44. The van der Waals surface area contributed by atoms with Crippen LogP contribution in [0.25, 0.3) is 0 Å². The molecule has 1 aromatic heterocycles. The van der Waals surface area contributed by atoms with Crippen LogP contribution in [0.5, 0.6) is 0 Å². The van der Waals surface area contributed by atoms with Crippen LogP contribution in [0.4, 0.5) is 18.9 Å². The van der Waals surface area contributed by atoms with Gasteiger partial charge < -0.3 is 5.32 Å². The molecule has 0 saturated heterocycles. The third kappa shape index (κ3) is 4.89. The summed E-state index contributed by atoms with van der Waals surface area (Å²) in [5.74, 6) is -0.814. The van der Waals surface area contributed by atoms with Crippen molar-refractivity contribution < 1.29 is 18.0 Å². The first-order valence-electron chi connectivity index (χ1n) is 8.30. The second-order valence-electron chi connectivity index (χ2n) is 6.06. The van der Waals surface area contributed by atoms with Crippen molar-refractivity contribution in [2.45, 2.75) is 30.1 Å². The Balaban J connectivity index is 1.73. The maximum Gasteiger partial charge on any atom is 0.417 e. The molecule has 144 valence electrons. The van der Waals surface area contributed by atoms with Gasteiger partial charge in [0.25, 0.3) is 5.91 Å². The van der Waals surface area contributed by atoms with Gasteiger partial charge in [-0.15, -0.1) is 0 Å². The van der Waals surface area contributed by atoms with Crippen molar-refractivity contribution >= 4 is 23.4 Å². The Hall–Kier alpha value is -2.87. The number of hydrogen-bond donors (Lipinski definition) is 1. The standard InChI is InChI=1S/C20H16F3N3OS/c1-12-11-13(2)25-19(24-12)28-15-9-7-14(8-10-15)26-18(27)16-5-3-4-6-17(16)20(21,22)23/h3-11H,1-2H3,(H,26,27). The number of nitrogens with zero attached hydrogens (tertiary/aromatic N) is 2. The molecule has 4 nitrogen and oxygen atoms in total. The molecular weight excluding hydrogens is 387 g/mol. The quantitative estimate of drug-likeness (QED) is 0.583. The summed E-state index contributed by atoms with van der Waals surface area (Å²) in [5.41, 5.74) is 0.737. The van der Waals surface area contributed by atoms with Crippen LogP contribution < -0.4 is 5.32 Å². The minimum absolute atomic E-state index is 0.396. The van der Waals surface area contributed by atoms with E-state index >= 15 is 0 Å². The fraction of sp³-hybridized carbons (Fsp3) is 0.150. The molecule has 0 spiro atoms. The van der Waals surface area contributed by atoms with Gasteiger partial charge in [0, 0.05) is 22.0 Å². The zero-order valence-corrected chi connectivity index (χ0v) is 15.9. The largest absolute Gasteiger partial charge is 0.417 e. The number of carbonyl (C=O) groups is 1. The van der Waals surface area contributed by atoms with E-state index in [0.29, 0.717) is 10.8 Å². The Kier molecular flexibility index (Phi) is 5.69. The summed E-state index contributed by atoms with van der Waals surface area (Å²) in [5, 5.41) is 3.11. The first kappa shape index (κ1) is 19.9. The highest BCUT2D eigenvalue weighted by molar-refractivity contribution is 7.99. The minimum atomic E-state index is -4.60. The molecule has 8 heteroatoms. The van der Waals surface area contributed by atoms with Gasteiger partial charge in [0.05, 0.1) is 11.1 Å². The molecule has 1 heterocycles. The van der Waals surface area contributed by atoms with Crippen molar-refractivity contribution in [3.8, 4) is 0 Å². The number of alkyl halides is 3. The normalized spacial score (nSPS) is 11.3. The van der Waals surface area contributed by atoms with Crippen LogP contribution in [-0.2, 0) is 6.18 Å². The van der Waals surface area contributed by atoms with E-state index in [1.165, 1.54) is 23.9 Å². The van der Waals surface area contributed by atoms with E-state index in [-0.39, 0.29) is 0 Å². The summed E-state index contributed by atoms with van der Waals surface area (Å²) in [6.07, 6.45) is -4.60. The number of aromatic nitrogens is 2. The highest BCUT2D eigenvalue weighted by Gasteiger charge is 2.34. The van der Waals surface area contributed by atoms with Gasteiger partial charge in [-0.2, -0.15) is 13.2 Å². The predicted molar refractivity (Wildman–Crippen MR) is 101 cm³/mol. The summed E-state index contributed by atoms with van der Waals surface area (Å²) in [7, 11) is 0. The number of hydrogen-bond acceptors (Lipinski definition) is 4. The molecule has 0 aliphatic heterocycles. The van der Waals surface area contributed by atoms with Gasteiger partial charge in [-0.3, -0.25) is 4.79 Å². The summed E-state index contributed by atoms with van der Waals surface area (Å²) < 4.78 is 39.2. The Morgan fingerprint density at radius 3 is 2.18 bits per heavy atom. The number of nitrogens with one attached hydrogen (secondary N) is 1. The van der Waals surface area contributed by atoms with Crippen molar-refractivity contribution in [3.05, 3.63) is 77.1 Å². The number of amides is 1. The summed E-state index contributed by atoms with van der Waals surface area (Å²) in [4.78, 5) is 21.8. The highest BCUT2D eigenvalue weighted by atomic mass is 32.2. The minimum Gasteiger partial charge on any atom is -0.322 e. The molecule has 0 aliphatic rings. The van der Waals surface area contributed by atoms with Crippen LogP contribution in [0.15, 0.2) is 64.6 Å². The molecule has 3 rings (SSSR count). The van der Waals surface area contributed by atoms with Crippen LogP contribution in [0.1, 0.15) is 27.3 Å². The zero-order valence-electron chi connectivity index (χ0n) is 15.0. The van der Waals surface area contributed by atoms with Crippen molar-refractivity contribution in [2.75, 3.05) is 5.32 Å². The third-order valence-corrected chi connectivity index (χ3v) is 4.63. The lowest BCUT2D eigenvalue weighted by Crippen LogP contribution is -2.18. The summed E-state index contributed by atoms with van der Waals surface area (Å²) in [6.45, 7) is 3.77. The number of halogens is 3. The maximum atomic E-state index is 13.1. The molecule has 28 heavy (non-hydrogen) atoms. The second kappa shape index (κ2) is 8.02. The van der Waals surface area contributed by atoms with Crippen LogP contribution in [0.3, 0.4) is 0 Å². The summed E-state index contributed by atoms with van der Waals surface area (Å²) >= 11 is 1.36. The van der Waals surface area contributed by atoms with E-state index < -0.39 is 23.2 Å². The number of anilines is 1. The Bertz CT molecular complexity index is 984. The molecule has 0 bridgehead atoms. The Morgan fingerprint density at radius 2 is 1.57 bits per heavy atom. The van der Waals surface area contributed by atoms with Crippen LogP contribution >= 0.6 is 11.8 Å². The molecule has 1 N–H and O–H groups in total. The lowest BCUT2D eigenvalue weighted by Gasteiger charge is -2.12. The molecule has 0 radical (unpaired) electrons. The molecule has 0 aliphatic carbocycles. The SMILES string of the molecule is Cc1cc(C)nc(Sc2ccc(NC(=O)c3ccccc3C(F)(F)F)cc2)n1. The van der Waals surface area contributed by atoms with E-state index in [2.05, 4.69) is 15.3 Å². The van der Waals surface area contributed by atoms with Gasteiger partial charge in [0.15, 0.2) is 5.16 Å². The van der Waals surface area contributed by atoms with Gasteiger partial charge >= 0.3 is 6.18 Å². The van der Waals surface area contributed by atoms with Crippen LogP contribution in [0, 0.1) is 13.8 Å². The molecule has 3 aromatic rings. The van der Waals surface area contributed by atoms with E-state index in [0.717, 1.165) is 28.4 Å². The van der Waals surface area contributed by atoms with Crippen LogP contribution in [-0.4, -0.2) is 15.9 Å². The third-order valence-electron chi connectivity index (χ3n) is 3.76. The van der Waals surface area contributed by atoms with Crippen molar-refractivity contribution in [1.29, 1.82) is 0 Å². The molecule has 0 atom stereocenters. The molecule has 0 fully saturated rings. The molecule has 2 aromatic carbocycles. The lowest BCUT2D eigenvalue weighted by molar-refractivity contribution is -0.137. The van der Waals surface area contributed by atoms with Crippen molar-refractivity contribution in [2.24, 2.45) is 0 Å². The van der Waals surface area contributed by atoms with Crippen molar-refractivity contribution in [3.63, 3.8) is 0 Å². The van der Waals surface area contributed by atoms with Gasteiger partial charge in [0.1, 0.15) is 0 Å². The average Bonchev–Trinajstić information content (AvgIpc) is 2.62. The van der Waals surface area contributed by atoms with Crippen LogP contribution in [0.2, 0.25) is 0 Å². The molecule has 0 saturated carbocycles.